The second kappa shape index (κ2) is 3.89. The third-order valence-corrected chi connectivity index (χ3v) is 4.01. The molecule has 0 spiro atoms. The normalized spacial score (nSPS) is 36.3. The van der Waals surface area contributed by atoms with Crippen LogP contribution in [-0.4, -0.2) is 59.7 Å². The van der Waals surface area contributed by atoms with Crippen LogP contribution in [0.15, 0.2) is 11.8 Å². The maximum absolute atomic E-state index is 11.5. The van der Waals surface area contributed by atoms with Gasteiger partial charge in [-0.2, -0.15) is 0 Å². The summed E-state index contributed by atoms with van der Waals surface area (Å²) < 4.78 is 5.35. The molecule has 1 aliphatic heterocycles. The summed E-state index contributed by atoms with van der Waals surface area (Å²) in [5.74, 6) is 0.347. The van der Waals surface area contributed by atoms with Crippen LogP contribution in [0.4, 0.5) is 0 Å². The summed E-state index contributed by atoms with van der Waals surface area (Å²) in [4.78, 5) is 22.2. The van der Waals surface area contributed by atoms with Gasteiger partial charge in [-0.15, -0.1) is 0 Å². The topological polar surface area (TPSA) is 95.5 Å². The fourth-order valence-electron chi connectivity index (χ4n) is 3.66. The van der Waals surface area contributed by atoms with Gasteiger partial charge in [0.05, 0.1) is 27.6 Å². The lowest BCUT2D eigenvalue weighted by molar-refractivity contribution is -0.933. The highest BCUT2D eigenvalue weighted by atomic mass is 16.6. The van der Waals surface area contributed by atoms with E-state index in [0.717, 1.165) is 0 Å². The standard InChI is InChI=1S/C11H18N3O5/c1-14(2)7-10(12(15)16)4-9(19-3)5-11(6-10,8-14)13(17)18/h4H,5-8H2,1-3H3/q+1. The van der Waals surface area contributed by atoms with Crippen LogP contribution in [-0.2, 0) is 4.74 Å². The zero-order valence-electron chi connectivity index (χ0n) is 11.3. The predicted molar refractivity (Wildman–Crippen MR) is 65.6 cm³/mol. The SMILES string of the molecule is COC1=CC2([N+](=O)[O-])CC([N+](=O)[O-])(C1)C[N+](C)(C)C2. The summed E-state index contributed by atoms with van der Waals surface area (Å²) in [7, 11) is 4.98. The summed E-state index contributed by atoms with van der Waals surface area (Å²) in [6.07, 6.45) is 1.52. The van der Waals surface area contributed by atoms with E-state index < -0.39 is 16.0 Å². The fourth-order valence-corrected chi connectivity index (χ4v) is 3.66. The summed E-state index contributed by atoms with van der Waals surface area (Å²) in [6.45, 7) is 0.513. The second-order valence-electron chi connectivity index (χ2n) is 6.26. The Morgan fingerprint density at radius 2 is 1.89 bits per heavy atom. The molecule has 2 atom stereocenters. The molecule has 19 heavy (non-hydrogen) atoms. The molecule has 0 aromatic carbocycles. The van der Waals surface area contributed by atoms with Crippen LogP contribution in [0.25, 0.3) is 0 Å². The number of methoxy groups -OCH3 is 1. The van der Waals surface area contributed by atoms with Crippen LogP contribution in [0.5, 0.6) is 0 Å². The van der Waals surface area contributed by atoms with Crippen LogP contribution < -0.4 is 0 Å². The van der Waals surface area contributed by atoms with Crippen molar-refractivity contribution in [2.45, 2.75) is 23.9 Å². The maximum Gasteiger partial charge on any atom is 0.298 e. The predicted octanol–water partition coefficient (Wildman–Crippen LogP) is 0.431. The summed E-state index contributed by atoms with van der Waals surface area (Å²) in [6, 6.07) is 0. The number of hydrogen-bond acceptors (Lipinski definition) is 5. The van der Waals surface area contributed by atoms with E-state index in [1.807, 2.05) is 0 Å². The lowest BCUT2D eigenvalue weighted by Gasteiger charge is -2.47. The molecule has 1 fully saturated rings. The van der Waals surface area contributed by atoms with E-state index in [0.29, 0.717) is 5.76 Å². The van der Waals surface area contributed by atoms with E-state index in [2.05, 4.69) is 0 Å². The Bertz CT molecular complexity index is 475. The van der Waals surface area contributed by atoms with Gasteiger partial charge < -0.3 is 9.22 Å². The molecule has 2 aliphatic rings. The molecule has 8 heteroatoms. The second-order valence-corrected chi connectivity index (χ2v) is 6.26. The number of piperidine rings is 1. The molecule has 2 unspecified atom stereocenters. The number of hydrogen-bond donors (Lipinski definition) is 0. The quantitative estimate of drug-likeness (QED) is 0.422. The molecule has 0 radical (unpaired) electrons. The van der Waals surface area contributed by atoms with Gasteiger partial charge in [0.25, 0.3) is 11.1 Å². The first-order valence-corrected chi connectivity index (χ1v) is 6.02. The van der Waals surface area contributed by atoms with E-state index in [1.165, 1.54) is 13.2 Å². The largest absolute Gasteiger partial charge is 0.501 e. The first-order chi connectivity index (χ1) is 8.65. The van der Waals surface area contributed by atoms with Crippen molar-refractivity contribution >= 4 is 0 Å². The van der Waals surface area contributed by atoms with Crippen LogP contribution in [0, 0.1) is 20.2 Å². The van der Waals surface area contributed by atoms with Crippen molar-refractivity contribution in [3.8, 4) is 0 Å². The smallest absolute Gasteiger partial charge is 0.298 e. The Balaban J connectivity index is 2.59. The van der Waals surface area contributed by atoms with Crippen LogP contribution in [0.2, 0.25) is 0 Å². The first-order valence-electron chi connectivity index (χ1n) is 6.02. The van der Waals surface area contributed by atoms with Gasteiger partial charge in [-0.3, -0.25) is 20.2 Å². The highest BCUT2D eigenvalue weighted by Gasteiger charge is 2.68. The molecule has 1 aliphatic carbocycles. The molecule has 0 aromatic heterocycles. The van der Waals surface area contributed by atoms with Crippen LogP contribution >= 0.6 is 0 Å². The summed E-state index contributed by atoms with van der Waals surface area (Å²) in [5.41, 5.74) is -2.71. The number of rotatable bonds is 3. The molecular weight excluding hydrogens is 254 g/mol. The first kappa shape index (κ1) is 13.7. The molecule has 0 N–H and O–H groups in total. The van der Waals surface area contributed by atoms with Gasteiger partial charge in [-0.25, -0.2) is 0 Å². The van der Waals surface area contributed by atoms with Gasteiger partial charge in [0, 0.05) is 15.9 Å². The van der Waals surface area contributed by atoms with E-state index in [9.17, 15) is 20.2 Å². The molecule has 0 amide bonds. The van der Waals surface area contributed by atoms with Crippen molar-refractivity contribution in [1.29, 1.82) is 0 Å². The van der Waals surface area contributed by atoms with Gasteiger partial charge in [-0.05, 0) is 0 Å². The molecule has 2 rings (SSSR count). The Hall–Kier alpha value is -1.70. The average Bonchev–Trinajstić information content (AvgIpc) is 2.25. The third-order valence-electron chi connectivity index (χ3n) is 4.01. The van der Waals surface area contributed by atoms with Crippen LogP contribution in [0.3, 0.4) is 0 Å². The number of nitrogens with zero attached hydrogens (tertiary/aromatic N) is 3. The molecule has 1 heterocycles. The number of likely N-dealkylation sites (N-methyl/N-ethyl adjacent to an activating group) is 1. The Morgan fingerprint density at radius 1 is 1.26 bits per heavy atom. The Morgan fingerprint density at radius 3 is 2.37 bits per heavy atom. The minimum atomic E-state index is -1.40. The van der Waals surface area contributed by atoms with Crippen molar-refractivity contribution in [2.75, 3.05) is 34.3 Å². The van der Waals surface area contributed by atoms with Gasteiger partial charge in [0.1, 0.15) is 12.2 Å². The van der Waals surface area contributed by atoms with Gasteiger partial charge in [0.15, 0.2) is 13.1 Å². The number of quaternary nitrogens is 1. The van der Waals surface area contributed by atoms with Gasteiger partial charge in [-0.1, -0.05) is 0 Å². The number of ether oxygens (including phenoxy) is 1. The van der Waals surface area contributed by atoms with Crippen molar-refractivity contribution in [3.63, 3.8) is 0 Å². The Kier molecular flexibility index (Phi) is 2.81. The minimum absolute atomic E-state index is 0.0610. The minimum Gasteiger partial charge on any atom is -0.501 e. The van der Waals surface area contributed by atoms with E-state index in [-0.39, 0.29) is 35.3 Å². The third kappa shape index (κ3) is 2.05. The van der Waals surface area contributed by atoms with Gasteiger partial charge in [0.2, 0.25) is 0 Å². The maximum atomic E-state index is 11.5. The molecule has 0 saturated carbocycles. The molecular formula is C11H18N3O5+. The molecule has 8 nitrogen and oxygen atoms in total. The van der Waals surface area contributed by atoms with Gasteiger partial charge >= 0.3 is 0 Å². The lowest BCUT2D eigenvalue weighted by Crippen LogP contribution is -2.71. The highest BCUT2D eigenvalue weighted by molar-refractivity contribution is 5.19. The van der Waals surface area contributed by atoms with Crippen molar-refractivity contribution in [1.82, 2.24) is 0 Å². The van der Waals surface area contributed by atoms with Crippen molar-refractivity contribution < 1.29 is 19.1 Å². The lowest BCUT2D eigenvalue weighted by atomic mass is 9.70. The number of nitro groups is 2. The fraction of sp³-hybridized carbons (Fsp3) is 0.818. The molecule has 106 valence electrons. The monoisotopic (exact) mass is 272 g/mol. The highest BCUT2D eigenvalue weighted by Crippen LogP contribution is 2.44. The summed E-state index contributed by atoms with van der Waals surface area (Å²) in [5, 5.41) is 23.0. The van der Waals surface area contributed by atoms with E-state index in [1.54, 1.807) is 14.1 Å². The molecule has 2 bridgehead atoms. The summed E-state index contributed by atoms with van der Waals surface area (Å²) >= 11 is 0. The number of likely N-dealkylation sites (tertiary alicyclic amines) is 1. The Labute approximate surface area is 110 Å². The van der Waals surface area contributed by atoms with Crippen molar-refractivity contribution in [2.24, 2.45) is 0 Å². The zero-order valence-corrected chi connectivity index (χ0v) is 11.3. The van der Waals surface area contributed by atoms with E-state index in [4.69, 9.17) is 4.74 Å². The van der Waals surface area contributed by atoms with E-state index >= 15 is 0 Å². The average molecular weight is 272 g/mol. The number of fused-ring (bicyclic) bond motifs is 2. The van der Waals surface area contributed by atoms with Crippen molar-refractivity contribution in [3.05, 3.63) is 32.1 Å². The molecule has 0 aromatic rings. The van der Waals surface area contributed by atoms with Crippen LogP contribution in [0.1, 0.15) is 12.8 Å². The molecule has 1 saturated heterocycles. The zero-order chi connectivity index (χ0) is 14.5.